The Labute approximate surface area is 96.6 Å². The number of hydrogen-bond donors (Lipinski definition) is 2. The van der Waals surface area contributed by atoms with E-state index in [-0.39, 0.29) is 0 Å². The standard InChI is InChI=1S/C11H18BNO3/c1-13(2)7-4-8-16-11-6-3-5-10(9-11)12(14)15/h3,5-6,9,14-15H,4,7-8H2,1-2H3. The van der Waals surface area contributed by atoms with Crippen LogP contribution in [0.25, 0.3) is 0 Å². The lowest BCUT2D eigenvalue weighted by Gasteiger charge is -2.10. The van der Waals surface area contributed by atoms with Crippen molar-refractivity contribution >= 4 is 12.6 Å². The first kappa shape index (κ1) is 13.0. The first-order valence-electron chi connectivity index (χ1n) is 5.33. The van der Waals surface area contributed by atoms with E-state index >= 15 is 0 Å². The van der Waals surface area contributed by atoms with E-state index in [1.807, 2.05) is 20.2 Å². The highest BCUT2D eigenvalue weighted by atomic mass is 16.5. The van der Waals surface area contributed by atoms with Crippen molar-refractivity contribution in [2.75, 3.05) is 27.2 Å². The summed E-state index contributed by atoms with van der Waals surface area (Å²) in [6, 6.07) is 6.84. The molecule has 0 saturated carbocycles. The largest absolute Gasteiger partial charge is 0.494 e. The maximum atomic E-state index is 8.99. The predicted octanol–water partition coefficient (Wildman–Crippen LogP) is -0.303. The van der Waals surface area contributed by atoms with Gasteiger partial charge in [-0.2, -0.15) is 0 Å². The second-order valence-corrected chi connectivity index (χ2v) is 3.95. The van der Waals surface area contributed by atoms with Crippen LogP contribution in [0.3, 0.4) is 0 Å². The lowest BCUT2D eigenvalue weighted by Crippen LogP contribution is -2.29. The van der Waals surface area contributed by atoms with Crippen molar-refractivity contribution < 1.29 is 14.8 Å². The molecule has 16 heavy (non-hydrogen) atoms. The molecule has 1 aromatic carbocycles. The van der Waals surface area contributed by atoms with Crippen LogP contribution in [0.1, 0.15) is 6.42 Å². The summed E-state index contributed by atoms with van der Waals surface area (Å²) in [4.78, 5) is 2.09. The molecule has 0 unspecified atom stereocenters. The summed E-state index contributed by atoms with van der Waals surface area (Å²) >= 11 is 0. The van der Waals surface area contributed by atoms with Crippen molar-refractivity contribution in [3.05, 3.63) is 24.3 Å². The molecule has 0 amide bonds. The summed E-state index contributed by atoms with van der Waals surface area (Å²) in [6.45, 7) is 1.60. The molecule has 0 bridgehead atoms. The Hall–Kier alpha value is -1.04. The van der Waals surface area contributed by atoms with E-state index in [1.165, 1.54) is 0 Å². The first-order chi connectivity index (χ1) is 7.59. The van der Waals surface area contributed by atoms with Crippen LogP contribution in [0.4, 0.5) is 0 Å². The van der Waals surface area contributed by atoms with Gasteiger partial charge in [-0.1, -0.05) is 12.1 Å². The zero-order chi connectivity index (χ0) is 12.0. The van der Waals surface area contributed by atoms with Crippen LogP contribution in [-0.4, -0.2) is 49.3 Å². The molecule has 5 heteroatoms. The zero-order valence-corrected chi connectivity index (χ0v) is 9.76. The van der Waals surface area contributed by atoms with E-state index in [0.29, 0.717) is 17.8 Å². The smallest absolute Gasteiger partial charge is 0.488 e. The van der Waals surface area contributed by atoms with Gasteiger partial charge in [-0.3, -0.25) is 0 Å². The van der Waals surface area contributed by atoms with Crippen LogP contribution in [0, 0.1) is 0 Å². The second kappa shape index (κ2) is 6.53. The summed E-state index contributed by atoms with van der Waals surface area (Å²) < 4.78 is 5.50. The number of ether oxygens (including phenoxy) is 1. The lowest BCUT2D eigenvalue weighted by molar-refractivity contribution is 0.281. The SMILES string of the molecule is CN(C)CCCOc1cccc(B(O)O)c1. The highest BCUT2D eigenvalue weighted by molar-refractivity contribution is 6.58. The molecule has 0 saturated heterocycles. The predicted molar refractivity (Wildman–Crippen MR) is 64.9 cm³/mol. The van der Waals surface area contributed by atoms with Crippen LogP contribution in [-0.2, 0) is 0 Å². The summed E-state index contributed by atoms with van der Waals surface area (Å²) in [5, 5.41) is 18.0. The lowest BCUT2D eigenvalue weighted by atomic mass is 9.80. The first-order valence-corrected chi connectivity index (χ1v) is 5.33. The van der Waals surface area contributed by atoms with E-state index in [2.05, 4.69) is 4.90 Å². The fourth-order valence-electron chi connectivity index (χ4n) is 1.34. The molecule has 0 aromatic heterocycles. The van der Waals surface area contributed by atoms with E-state index < -0.39 is 7.12 Å². The number of hydrogen-bond acceptors (Lipinski definition) is 4. The molecular formula is C11H18BNO3. The van der Waals surface area contributed by atoms with Gasteiger partial charge in [0.15, 0.2) is 0 Å². The normalized spacial score (nSPS) is 10.6. The molecule has 4 nitrogen and oxygen atoms in total. The third-order valence-corrected chi connectivity index (χ3v) is 2.17. The van der Waals surface area contributed by atoms with Crippen LogP contribution in [0.15, 0.2) is 24.3 Å². The van der Waals surface area contributed by atoms with Crippen molar-refractivity contribution in [2.45, 2.75) is 6.42 Å². The highest BCUT2D eigenvalue weighted by Gasteiger charge is 2.10. The van der Waals surface area contributed by atoms with Crippen molar-refractivity contribution in [1.29, 1.82) is 0 Å². The van der Waals surface area contributed by atoms with E-state index in [4.69, 9.17) is 14.8 Å². The molecule has 0 aliphatic carbocycles. The topological polar surface area (TPSA) is 52.9 Å². The fraction of sp³-hybridized carbons (Fsp3) is 0.455. The molecular weight excluding hydrogens is 205 g/mol. The molecule has 0 aliphatic rings. The molecule has 1 rings (SSSR count). The summed E-state index contributed by atoms with van der Waals surface area (Å²) in [6.07, 6.45) is 0.943. The molecule has 88 valence electrons. The minimum atomic E-state index is -1.44. The van der Waals surface area contributed by atoms with Crippen molar-refractivity contribution in [3.63, 3.8) is 0 Å². The minimum absolute atomic E-state index is 0.449. The van der Waals surface area contributed by atoms with E-state index in [1.54, 1.807) is 18.2 Å². The van der Waals surface area contributed by atoms with E-state index in [9.17, 15) is 0 Å². The molecule has 2 N–H and O–H groups in total. The molecule has 0 heterocycles. The maximum Gasteiger partial charge on any atom is 0.488 e. The summed E-state index contributed by atoms with van der Waals surface area (Å²) in [7, 11) is 2.59. The van der Waals surface area contributed by atoms with Gasteiger partial charge in [0.25, 0.3) is 0 Å². The van der Waals surface area contributed by atoms with Crippen molar-refractivity contribution in [3.8, 4) is 5.75 Å². The number of nitrogens with zero attached hydrogens (tertiary/aromatic N) is 1. The average Bonchev–Trinajstić information content (AvgIpc) is 2.24. The Bertz CT molecular complexity index is 318. The van der Waals surface area contributed by atoms with Crippen LogP contribution in [0.5, 0.6) is 5.75 Å². The van der Waals surface area contributed by atoms with Gasteiger partial charge >= 0.3 is 7.12 Å². The van der Waals surface area contributed by atoms with Crippen LogP contribution >= 0.6 is 0 Å². The Kier molecular flexibility index (Phi) is 5.32. The molecule has 0 atom stereocenters. The Morgan fingerprint density at radius 1 is 1.31 bits per heavy atom. The zero-order valence-electron chi connectivity index (χ0n) is 9.76. The van der Waals surface area contributed by atoms with Gasteiger partial charge in [0.1, 0.15) is 5.75 Å². The van der Waals surface area contributed by atoms with Gasteiger partial charge in [-0.15, -0.1) is 0 Å². The third-order valence-electron chi connectivity index (χ3n) is 2.17. The van der Waals surface area contributed by atoms with Gasteiger partial charge in [0, 0.05) is 6.54 Å². The van der Waals surface area contributed by atoms with Crippen molar-refractivity contribution in [1.82, 2.24) is 4.90 Å². The van der Waals surface area contributed by atoms with Gasteiger partial charge in [-0.25, -0.2) is 0 Å². The Morgan fingerprint density at radius 2 is 2.06 bits per heavy atom. The van der Waals surface area contributed by atoms with Crippen molar-refractivity contribution in [2.24, 2.45) is 0 Å². The quantitative estimate of drug-likeness (QED) is 0.513. The molecule has 1 aromatic rings. The number of rotatable bonds is 6. The summed E-state index contributed by atoms with van der Waals surface area (Å²) in [5.74, 6) is 0.671. The third kappa shape index (κ3) is 4.66. The Morgan fingerprint density at radius 3 is 2.69 bits per heavy atom. The monoisotopic (exact) mass is 223 g/mol. The minimum Gasteiger partial charge on any atom is -0.494 e. The molecule has 0 radical (unpaired) electrons. The van der Waals surface area contributed by atoms with Gasteiger partial charge in [0.05, 0.1) is 6.61 Å². The van der Waals surface area contributed by atoms with Gasteiger partial charge in [0.2, 0.25) is 0 Å². The summed E-state index contributed by atoms with van der Waals surface area (Å²) in [5.41, 5.74) is 0.449. The second-order valence-electron chi connectivity index (χ2n) is 3.95. The van der Waals surface area contributed by atoms with Gasteiger partial charge < -0.3 is 19.7 Å². The average molecular weight is 223 g/mol. The molecule has 0 fully saturated rings. The van der Waals surface area contributed by atoms with Gasteiger partial charge in [-0.05, 0) is 38.1 Å². The highest BCUT2D eigenvalue weighted by Crippen LogP contribution is 2.07. The molecule has 0 spiro atoms. The van der Waals surface area contributed by atoms with Crippen LogP contribution < -0.4 is 10.2 Å². The van der Waals surface area contributed by atoms with E-state index in [0.717, 1.165) is 13.0 Å². The van der Waals surface area contributed by atoms with Crippen LogP contribution in [0.2, 0.25) is 0 Å². The maximum absolute atomic E-state index is 8.99. The fourth-order valence-corrected chi connectivity index (χ4v) is 1.34. The Balaban J connectivity index is 2.39. The number of benzene rings is 1. The molecule has 0 aliphatic heterocycles.